The van der Waals surface area contributed by atoms with E-state index in [1.165, 1.54) is 6.26 Å². The van der Waals surface area contributed by atoms with Gasteiger partial charge in [-0.25, -0.2) is 0 Å². The molecule has 0 saturated heterocycles. The van der Waals surface area contributed by atoms with Crippen LogP contribution >= 0.6 is 0 Å². The SMILES string of the molecule is O=C1c2ccccc2Cc2ccccc21.c1cnoc1. The van der Waals surface area contributed by atoms with Crippen LogP contribution in [0.3, 0.4) is 0 Å². The molecule has 2 aromatic carbocycles. The lowest BCUT2D eigenvalue weighted by Crippen LogP contribution is -2.14. The summed E-state index contributed by atoms with van der Waals surface area (Å²) < 4.78 is 4.33. The van der Waals surface area contributed by atoms with E-state index < -0.39 is 0 Å². The van der Waals surface area contributed by atoms with Gasteiger partial charge in [0.25, 0.3) is 0 Å². The topological polar surface area (TPSA) is 43.1 Å². The third-order valence-corrected chi connectivity index (χ3v) is 3.25. The molecule has 0 bridgehead atoms. The zero-order valence-corrected chi connectivity index (χ0v) is 10.8. The van der Waals surface area contributed by atoms with Crippen molar-refractivity contribution in [1.29, 1.82) is 0 Å². The summed E-state index contributed by atoms with van der Waals surface area (Å²) >= 11 is 0. The Bertz CT molecular complexity index is 653. The van der Waals surface area contributed by atoms with Crippen LogP contribution in [0, 0.1) is 0 Å². The molecule has 20 heavy (non-hydrogen) atoms. The summed E-state index contributed by atoms with van der Waals surface area (Å²) in [7, 11) is 0. The molecule has 0 amide bonds. The summed E-state index contributed by atoms with van der Waals surface area (Å²) in [6.07, 6.45) is 3.97. The first kappa shape index (κ1) is 12.4. The van der Waals surface area contributed by atoms with Gasteiger partial charge in [0, 0.05) is 11.1 Å². The lowest BCUT2D eigenvalue weighted by atomic mass is 9.85. The van der Waals surface area contributed by atoms with Crippen LogP contribution in [0.15, 0.2) is 71.6 Å². The van der Waals surface area contributed by atoms with Gasteiger partial charge in [-0.3, -0.25) is 4.79 Å². The van der Waals surface area contributed by atoms with E-state index in [1.54, 1.807) is 12.3 Å². The van der Waals surface area contributed by atoms with E-state index in [2.05, 4.69) is 9.68 Å². The molecule has 0 aliphatic heterocycles. The molecule has 3 heteroatoms. The van der Waals surface area contributed by atoms with E-state index in [0.29, 0.717) is 0 Å². The van der Waals surface area contributed by atoms with Crippen LogP contribution in [0.4, 0.5) is 0 Å². The normalized spacial score (nSPS) is 11.9. The van der Waals surface area contributed by atoms with Gasteiger partial charge in [-0.1, -0.05) is 53.7 Å². The Morgan fingerprint density at radius 1 is 0.850 bits per heavy atom. The minimum atomic E-state index is 0.160. The average Bonchev–Trinajstić information content (AvgIpc) is 3.07. The molecule has 1 aliphatic rings. The predicted octanol–water partition coefficient (Wildman–Crippen LogP) is 3.50. The Morgan fingerprint density at radius 2 is 1.45 bits per heavy atom. The van der Waals surface area contributed by atoms with Crippen LogP contribution in [-0.2, 0) is 6.42 Å². The highest BCUT2D eigenvalue weighted by Gasteiger charge is 2.21. The first-order valence-corrected chi connectivity index (χ1v) is 6.41. The first-order valence-electron chi connectivity index (χ1n) is 6.41. The predicted molar refractivity (Wildman–Crippen MR) is 75.6 cm³/mol. The largest absolute Gasteiger partial charge is 0.365 e. The van der Waals surface area contributed by atoms with Crippen LogP contribution in [0.2, 0.25) is 0 Å². The second-order valence-electron chi connectivity index (χ2n) is 4.51. The Balaban J connectivity index is 0.000000205. The number of nitrogens with zero attached hydrogens (tertiary/aromatic N) is 1. The van der Waals surface area contributed by atoms with Gasteiger partial charge in [0.15, 0.2) is 5.78 Å². The lowest BCUT2D eigenvalue weighted by molar-refractivity contribution is 0.103. The second kappa shape index (κ2) is 5.53. The summed E-state index contributed by atoms with van der Waals surface area (Å²) in [5.41, 5.74) is 4.00. The molecular weight excluding hydrogens is 250 g/mol. The summed E-state index contributed by atoms with van der Waals surface area (Å²) in [6, 6.07) is 17.4. The van der Waals surface area contributed by atoms with Gasteiger partial charge < -0.3 is 4.52 Å². The van der Waals surface area contributed by atoms with Gasteiger partial charge in [-0.15, -0.1) is 0 Å². The van der Waals surface area contributed by atoms with Crippen LogP contribution in [-0.4, -0.2) is 10.9 Å². The maximum atomic E-state index is 12.1. The number of hydrogen-bond acceptors (Lipinski definition) is 3. The van der Waals surface area contributed by atoms with Crippen molar-refractivity contribution in [3.63, 3.8) is 0 Å². The van der Waals surface area contributed by atoms with Gasteiger partial charge in [-0.05, 0) is 23.6 Å². The summed E-state index contributed by atoms with van der Waals surface area (Å²) in [4.78, 5) is 12.1. The zero-order valence-electron chi connectivity index (χ0n) is 10.8. The number of carbonyl (C=O) groups is 1. The summed E-state index contributed by atoms with van der Waals surface area (Å²) in [5.74, 6) is 0.160. The third kappa shape index (κ3) is 2.38. The first-order chi connectivity index (χ1) is 9.86. The van der Waals surface area contributed by atoms with Crippen molar-refractivity contribution in [1.82, 2.24) is 5.16 Å². The van der Waals surface area contributed by atoms with E-state index in [0.717, 1.165) is 28.7 Å². The Labute approximate surface area is 116 Å². The fraction of sp³-hybridized carbons (Fsp3) is 0.0588. The highest BCUT2D eigenvalue weighted by molar-refractivity contribution is 6.12. The van der Waals surface area contributed by atoms with Crippen LogP contribution < -0.4 is 0 Å². The zero-order chi connectivity index (χ0) is 13.8. The Kier molecular flexibility index (Phi) is 3.42. The van der Waals surface area contributed by atoms with Gasteiger partial charge in [0.2, 0.25) is 0 Å². The number of ketones is 1. The van der Waals surface area contributed by atoms with E-state index in [9.17, 15) is 4.79 Å². The van der Waals surface area contributed by atoms with Crippen molar-refractivity contribution in [2.45, 2.75) is 6.42 Å². The van der Waals surface area contributed by atoms with Gasteiger partial charge >= 0.3 is 0 Å². The third-order valence-electron chi connectivity index (χ3n) is 3.25. The quantitative estimate of drug-likeness (QED) is 0.487. The molecule has 0 fully saturated rings. The smallest absolute Gasteiger partial charge is 0.193 e. The molecule has 0 N–H and O–H groups in total. The van der Waals surface area contributed by atoms with E-state index in [1.807, 2.05) is 48.5 Å². The van der Waals surface area contributed by atoms with E-state index >= 15 is 0 Å². The number of rotatable bonds is 0. The molecule has 0 unspecified atom stereocenters. The molecule has 0 spiro atoms. The monoisotopic (exact) mass is 263 g/mol. The standard InChI is InChI=1S/C14H10O.C3H3NO/c15-14-12-7-3-1-5-10(12)9-11-6-2-4-8-13(11)14;1-2-4-5-3-1/h1-8H,9H2;1-3H. The minimum absolute atomic E-state index is 0.160. The fourth-order valence-corrected chi connectivity index (χ4v) is 2.32. The Hall–Kier alpha value is -2.68. The molecular formula is C17H13NO2. The molecule has 4 rings (SSSR count). The van der Waals surface area contributed by atoms with Gasteiger partial charge in [0.1, 0.15) is 6.26 Å². The maximum absolute atomic E-state index is 12.1. The molecule has 0 atom stereocenters. The highest BCUT2D eigenvalue weighted by atomic mass is 16.5. The molecule has 1 aliphatic carbocycles. The molecule has 3 nitrogen and oxygen atoms in total. The van der Waals surface area contributed by atoms with E-state index in [-0.39, 0.29) is 5.78 Å². The van der Waals surface area contributed by atoms with E-state index in [4.69, 9.17) is 0 Å². The number of aromatic nitrogens is 1. The minimum Gasteiger partial charge on any atom is -0.365 e. The fourth-order valence-electron chi connectivity index (χ4n) is 2.32. The van der Waals surface area contributed by atoms with Crippen LogP contribution in [0.25, 0.3) is 0 Å². The van der Waals surface area contributed by atoms with Gasteiger partial charge in [0.05, 0.1) is 6.20 Å². The average molecular weight is 263 g/mol. The van der Waals surface area contributed by atoms with Gasteiger partial charge in [-0.2, -0.15) is 0 Å². The van der Waals surface area contributed by atoms with Crippen molar-refractivity contribution in [3.8, 4) is 0 Å². The number of carbonyl (C=O) groups excluding carboxylic acids is 1. The molecule has 1 heterocycles. The molecule has 98 valence electrons. The number of fused-ring (bicyclic) bond motifs is 2. The van der Waals surface area contributed by atoms with Crippen molar-refractivity contribution in [2.75, 3.05) is 0 Å². The molecule has 0 radical (unpaired) electrons. The van der Waals surface area contributed by atoms with Crippen molar-refractivity contribution >= 4 is 5.78 Å². The molecule has 3 aromatic rings. The summed E-state index contributed by atoms with van der Waals surface area (Å²) in [6.45, 7) is 0. The molecule has 1 aromatic heterocycles. The number of benzene rings is 2. The Morgan fingerprint density at radius 3 is 1.90 bits per heavy atom. The summed E-state index contributed by atoms with van der Waals surface area (Å²) in [5, 5.41) is 3.35. The van der Waals surface area contributed by atoms with Crippen molar-refractivity contribution in [3.05, 3.63) is 89.3 Å². The van der Waals surface area contributed by atoms with Crippen LogP contribution in [0.1, 0.15) is 27.0 Å². The second-order valence-corrected chi connectivity index (χ2v) is 4.51. The highest BCUT2D eigenvalue weighted by Crippen LogP contribution is 2.26. The molecule has 0 saturated carbocycles. The van der Waals surface area contributed by atoms with Crippen LogP contribution in [0.5, 0.6) is 0 Å². The van der Waals surface area contributed by atoms with Crippen molar-refractivity contribution < 1.29 is 9.32 Å². The number of hydrogen-bond donors (Lipinski definition) is 0. The lowest BCUT2D eigenvalue weighted by Gasteiger charge is -2.17. The van der Waals surface area contributed by atoms with Crippen molar-refractivity contribution in [2.24, 2.45) is 0 Å². The maximum Gasteiger partial charge on any atom is 0.193 e.